The maximum Gasteiger partial charge on any atom is 0.227 e. The van der Waals surface area contributed by atoms with Crippen LogP contribution in [0.2, 0.25) is 0 Å². The van der Waals surface area contributed by atoms with E-state index >= 15 is 0 Å². The van der Waals surface area contributed by atoms with E-state index in [2.05, 4.69) is 30.5 Å². The first-order valence-corrected chi connectivity index (χ1v) is 12.9. The number of aromatic nitrogens is 6. The molecule has 0 spiro atoms. The summed E-state index contributed by atoms with van der Waals surface area (Å²) in [6, 6.07) is 14.5. The molecule has 6 aromatic rings. The van der Waals surface area contributed by atoms with Crippen LogP contribution in [0.25, 0.3) is 55.8 Å². The van der Waals surface area contributed by atoms with Crippen molar-refractivity contribution in [3.63, 3.8) is 0 Å². The van der Waals surface area contributed by atoms with Gasteiger partial charge in [-0.15, -0.1) is 0 Å². The normalized spacial score (nSPS) is 13.6. The van der Waals surface area contributed by atoms with Gasteiger partial charge in [0.25, 0.3) is 0 Å². The van der Waals surface area contributed by atoms with Gasteiger partial charge in [-0.25, -0.2) is 9.37 Å². The Bertz CT molecular complexity index is 1870. The first-order valence-electron chi connectivity index (χ1n) is 12.9. The Morgan fingerprint density at radius 3 is 2.72 bits per heavy atom. The van der Waals surface area contributed by atoms with Crippen molar-refractivity contribution in [3.8, 4) is 33.9 Å². The van der Waals surface area contributed by atoms with E-state index in [9.17, 15) is 9.18 Å². The molecule has 0 aliphatic heterocycles. The molecule has 0 unspecified atom stereocenters. The predicted octanol–water partition coefficient (Wildman–Crippen LogP) is 6.42. The van der Waals surface area contributed by atoms with Crippen LogP contribution >= 0.6 is 0 Å². The summed E-state index contributed by atoms with van der Waals surface area (Å²) >= 11 is 0. The zero-order chi connectivity index (χ0) is 26.5. The molecule has 0 radical (unpaired) electrons. The summed E-state index contributed by atoms with van der Waals surface area (Å²) in [5.41, 5.74) is 8.17. The fourth-order valence-electron chi connectivity index (χ4n) is 5.10. The number of hydrogen-bond acceptors (Lipinski definition) is 5. The van der Waals surface area contributed by atoms with Gasteiger partial charge in [0.05, 0.1) is 34.5 Å². The van der Waals surface area contributed by atoms with E-state index in [-0.39, 0.29) is 17.6 Å². The Kier molecular flexibility index (Phi) is 5.43. The summed E-state index contributed by atoms with van der Waals surface area (Å²) in [4.78, 5) is 29.6. The molecule has 39 heavy (non-hydrogen) atoms. The molecule has 1 fully saturated rings. The quantitative estimate of drug-likeness (QED) is 0.244. The number of H-pyrrole nitrogens is 2. The topological polar surface area (TPSA) is 112 Å². The number of amides is 1. The number of pyridine rings is 3. The number of carbonyl (C=O) groups is 1. The van der Waals surface area contributed by atoms with Gasteiger partial charge < -0.3 is 10.3 Å². The van der Waals surface area contributed by atoms with Gasteiger partial charge in [-0.1, -0.05) is 6.42 Å². The molecule has 0 atom stereocenters. The van der Waals surface area contributed by atoms with Gasteiger partial charge in [-0.2, -0.15) is 5.10 Å². The Morgan fingerprint density at radius 2 is 1.90 bits per heavy atom. The van der Waals surface area contributed by atoms with Crippen molar-refractivity contribution in [1.29, 1.82) is 0 Å². The lowest BCUT2D eigenvalue weighted by atomic mass is 9.85. The number of rotatable bonds is 5. The number of aromatic amines is 2. The van der Waals surface area contributed by atoms with Crippen LogP contribution in [0.15, 0.2) is 67.1 Å². The molecule has 0 bridgehead atoms. The molecule has 5 heterocycles. The number of hydrogen-bond donors (Lipinski definition) is 3. The Morgan fingerprint density at radius 1 is 1.00 bits per heavy atom. The van der Waals surface area contributed by atoms with Crippen molar-refractivity contribution < 1.29 is 9.18 Å². The molecule has 3 N–H and O–H groups in total. The van der Waals surface area contributed by atoms with Gasteiger partial charge in [0, 0.05) is 40.3 Å². The number of carbonyl (C=O) groups excluding carboxylic acids is 1. The number of fused-ring (bicyclic) bond motifs is 2. The van der Waals surface area contributed by atoms with Gasteiger partial charge in [0.1, 0.15) is 17.0 Å². The third-order valence-corrected chi connectivity index (χ3v) is 7.30. The van der Waals surface area contributed by atoms with Crippen LogP contribution in [0.5, 0.6) is 0 Å². The van der Waals surface area contributed by atoms with E-state index in [1.54, 1.807) is 18.6 Å². The van der Waals surface area contributed by atoms with Crippen LogP contribution in [0, 0.1) is 18.7 Å². The Balaban J connectivity index is 1.27. The molecular weight excluding hydrogens is 493 g/mol. The van der Waals surface area contributed by atoms with Crippen molar-refractivity contribution in [2.24, 2.45) is 5.92 Å². The third-order valence-electron chi connectivity index (χ3n) is 7.30. The summed E-state index contributed by atoms with van der Waals surface area (Å²) in [6.07, 6.45) is 8.07. The number of nitrogens with zero attached hydrogens (tertiary/aromatic N) is 4. The number of anilines is 1. The SMILES string of the molecule is Cc1cc(F)cc(-c2nccc3[nH]c(-c4n[nH]c5ccc(-c6cncc(NC(=O)C7CCC7)c6)nc45)cc23)c1. The van der Waals surface area contributed by atoms with E-state index in [4.69, 9.17) is 4.98 Å². The van der Waals surface area contributed by atoms with Gasteiger partial charge in [-0.3, -0.25) is 19.9 Å². The van der Waals surface area contributed by atoms with Gasteiger partial charge >= 0.3 is 0 Å². The van der Waals surface area contributed by atoms with Gasteiger partial charge in [0.2, 0.25) is 5.91 Å². The smallest absolute Gasteiger partial charge is 0.227 e. The lowest BCUT2D eigenvalue weighted by Gasteiger charge is -2.24. The number of aryl methyl sites for hydroxylation is 1. The molecule has 7 rings (SSSR count). The first-order chi connectivity index (χ1) is 19.0. The second-order valence-electron chi connectivity index (χ2n) is 10.1. The van der Waals surface area contributed by atoms with Crippen molar-refractivity contribution in [2.45, 2.75) is 26.2 Å². The molecule has 8 nitrogen and oxygen atoms in total. The molecule has 0 saturated heterocycles. The van der Waals surface area contributed by atoms with E-state index < -0.39 is 0 Å². The highest BCUT2D eigenvalue weighted by Crippen LogP contribution is 2.34. The fourth-order valence-corrected chi connectivity index (χ4v) is 5.10. The van der Waals surface area contributed by atoms with Gasteiger partial charge in [-0.05, 0) is 73.9 Å². The largest absolute Gasteiger partial charge is 0.353 e. The van der Waals surface area contributed by atoms with Crippen molar-refractivity contribution in [1.82, 2.24) is 30.1 Å². The summed E-state index contributed by atoms with van der Waals surface area (Å²) in [7, 11) is 0. The maximum absolute atomic E-state index is 14.2. The highest BCUT2D eigenvalue weighted by atomic mass is 19.1. The zero-order valence-electron chi connectivity index (χ0n) is 21.1. The Labute approximate surface area is 222 Å². The number of benzene rings is 1. The summed E-state index contributed by atoms with van der Waals surface area (Å²) in [5, 5.41) is 11.5. The standard InChI is InChI=1S/C30H24FN7O/c1-16-9-18(11-20(31)10-16)27-22-13-26(35-24(22)7-8-33-27)29-28-25(37-38-29)6-5-23(36-28)19-12-21(15-32-14-19)34-30(39)17-3-2-4-17/h5-15,17,35H,2-4H2,1H3,(H,34,39)(H,37,38). The van der Waals surface area contributed by atoms with Crippen LogP contribution in [-0.2, 0) is 4.79 Å². The van der Waals surface area contributed by atoms with Crippen molar-refractivity contribution in [3.05, 3.63) is 78.5 Å². The zero-order valence-corrected chi connectivity index (χ0v) is 21.1. The summed E-state index contributed by atoms with van der Waals surface area (Å²) < 4.78 is 14.2. The molecule has 1 saturated carbocycles. The van der Waals surface area contributed by atoms with Gasteiger partial charge in [0.15, 0.2) is 0 Å². The molecule has 1 aliphatic carbocycles. The lowest BCUT2D eigenvalue weighted by Crippen LogP contribution is -2.28. The number of nitrogens with one attached hydrogen (secondary N) is 3. The second kappa shape index (κ2) is 9.13. The fraction of sp³-hybridized carbons (Fsp3) is 0.167. The minimum absolute atomic E-state index is 0.0433. The molecule has 9 heteroatoms. The molecule has 1 amide bonds. The Hall–Kier alpha value is -4.92. The van der Waals surface area contributed by atoms with Crippen molar-refractivity contribution >= 4 is 33.5 Å². The monoisotopic (exact) mass is 517 g/mol. The molecular formula is C30H24FN7O. The molecule has 1 aromatic carbocycles. The van der Waals surface area contributed by atoms with Crippen molar-refractivity contribution in [2.75, 3.05) is 5.32 Å². The predicted molar refractivity (Wildman–Crippen MR) is 148 cm³/mol. The maximum atomic E-state index is 14.2. The summed E-state index contributed by atoms with van der Waals surface area (Å²) in [5.74, 6) is -0.161. The van der Waals surface area contributed by atoms with E-state index in [1.165, 1.54) is 12.1 Å². The van der Waals surface area contributed by atoms with E-state index in [0.29, 0.717) is 33.8 Å². The highest BCUT2D eigenvalue weighted by Gasteiger charge is 2.25. The minimum Gasteiger partial charge on any atom is -0.353 e. The second-order valence-corrected chi connectivity index (χ2v) is 10.1. The molecule has 192 valence electrons. The van der Waals surface area contributed by atoms with Crippen LogP contribution in [0.4, 0.5) is 10.1 Å². The first kappa shape index (κ1) is 23.2. The average molecular weight is 518 g/mol. The molecule has 5 aromatic heterocycles. The van der Waals surface area contributed by atoms with E-state index in [1.807, 2.05) is 43.3 Å². The molecule has 1 aliphatic rings. The van der Waals surface area contributed by atoms with Crippen LogP contribution < -0.4 is 5.32 Å². The van der Waals surface area contributed by atoms with Crippen LogP contribution in [-0.4, -0.2) is 36.0 Å². The highest BCUT2D eigenvalue weighted by molar-refractivity contribution is 5.99. The lowest BCUT2D eigenvalue weighted by molar-refractivity contribution is -0.122. The summed E-state index contributed by atoms with van der Waals surface area (Å²) in [6.45, 7) is 1.86. The van der Waals surface area contributed by atoms with Crippen LogP contribution in [0.1, 0.15) is 24.8 Å². The third kappa shape index (κ3) is 4.21. The number of halogens is 1. The minimum atomic E-state index is -0.296. The van der Waals surface area contributed by atoms with Crippen LogP contribution in [0.3, 0.4) is 0 Å². The van der Waals surface area contributed by atoms with E-state index in [0.717, 1.165) is 52.5 Å². The average Bonchev–Trinajstić information content (AvgIpc) is 3.50.